The summed E-state index contributed by atoms with van der Waals surface area (Å²) < 4.78 is 16.9. The minimum absolute atomic E-state index is 0.0811. The Bertz CT molecular complexity index is 1540. The van der Waals surface area contributed by atoms with Crippen LogP contribution in [0.2, 0.25) is 0 Å². The van der Waals surface area contributed by atoms with Crippen molar-refractivity contribution in [3.63, 3.8) is 0 Å². The van der Waals surface area contributed by atoms with Crippen LogP contribution in [0.5, 0.6) is 0 Å². The van der Waals surface area contributed by atoms with E-state index in [9.17, 15) is 14.4 Å². The molecule has 0 heterocycles. The number of hydrogen-bond donors (Lipinski definition) is 0. The fourth-order valence-electron chi connectivity index (χ4n) is 8.81. The molecule has 0 amide bonds. The second kappa shape index (κ2) is 63.6. The van der Waals surface area contributed by atoms with Crippen LogP contribution in [-0.2, 0) is 28.6 Å². The maximum absolute atomic E-state index is 12.9. The molecule has 0 fully saturated rings. The number of allylic oxidation sites excluding steroid dienone is 18. The fraction of sp³-hybridized carbons (Fsp3) is 0.700. The Kier molecular flexibility index (Phi) is 60.3. The number of rotatable bonds is 57. The number of carbonyl (C=O) groups is 3. The van der Waals surface area contributed by atoms with Crippen molar-refractivity contribution in [1.82, 2.24) is 0 Å². The Morgan fingerprint density at radius 1 is 0.276 bits per heavy atom. The zero-order valence-corrected chi connectivity index (χ0v) is 49.7. The molecule has 0 spiro atoms. The van der Waals surface area contributed by atoms with Gasteiger partial charge in [-0.15, -0.1) is 0 Å². The van der Waals surface area contributed by atoms with Crippen LogP contribution in [-0.4, -0.2) is 37.2 Å². The molecule has 0 aromatic rings. The highest BCUT2D eigenvalue weighted by Gasteiger charge is 2.19. The van der Waals surface area contributed by atoms with Gasteiger partial charge in [0, 0.05) is 19.3 Å². The van der Waals surface area contributed by atoms with E-state index in [2.05, 4.69) is 130 Å². The minimum atomic E-state index is -0.783. The summed E-state index contributed by atoms with van der Waals surface area (Å²) in [5, 5.41) is 0. The van der Waals surface area contributed by atoms with Gasteiger partial charge in [-0.25, -0.2) is 0 Å². The molecule has 0 aliphatic heterocycles. The number of esters is 3. The molecule has 0 rings (SSSR count). The first kappa shape index (κ1) is 72.1. The van der Waals surface area contributed by atoms with Crippen molar-refractivity contribution < 1.29 is 28.6 Å². The molecule has 1 atom stereocenters. The Labute approximate surface area is 470 Å². The Hall–Kier alpha value is -3.93. The van der Waals surface area contributed by atoms with Gasteiger partial charge in [-0.2, -0.15) is 0 Å². The predicted molar refractivity (Wildman–Crippen MR) is 330 cm³/mol. The number of carbonyl (C=O) groups excluding carboxylic acids is 3. The molecule has 0 radical (unpaired) electrons. The molecule has 76 heavy (non-hydrogen) atoms. The van der Waals surface area contributed by atoms with E-state index < -0.39 is 6.10 Å². The summed E-state index contributed by atoms with van der Waals surface area (Å²) in [5.41, 5.74) is 0. The number of unbranched alkanes of at least 4 members (excludes halogenated alkanes) is 28. The van der Waals surface area contributed by atoms with Gasteiger partial charge in [0.05, 0.1) is 0 Å². The smallest absolute Gasteiger partial charge is 0.306 e. The van der Waals surface area contributed by atoms with Crippen LogP contribution in [0.4, 0.5) is 0 Å². The maximum Gasteiger partial charge on any atom is 0.306 e. The van der Waals surface area contributed by atoms with Gasteiger partial charge in [0.1, 0.15) is 13.2 Å². The Morgan fingerprint density at radius 3 is 0.803 bits per heavy atom. The van der Waals surface area contributed by atoms with Crippen molar-refractivity contribution in [2.75, 3.05) is 13.2 Å². The largest absolute Gasteiger partial charge is 0.462 e. The highest BCUT2D eigenvalue weighted by molar-refractivity contribution is 5.71. The second-order valence-electron chi connectivity index (χ2n) is 20.9. The van der Waals surface area contributed by atoms with Crippen LogP contribution in [0.25, 0.3) is 0 Å². The molecule has 1 unspecified atom stereocenters. The molecule has 0 saturated heterocycles. The summed E-state index contributed by atoms with van der Waals surface area (Å²) in [6, 6.07) is 0. The third-order valence-electron chi connectivity index (χ3n) is 13.5. The third-order valence-corrected chi connectivity index (χ3v) is 13.5. The normalized spacial score (nSPS) is 12.8. The monoisotopic (exact) mass is 1050 g/mol. The fourth-order valence-corrected chi connectivity index (χ4v) is 8.81. The lowest BCUT2D eigenvalue weighted by Gasteiger charge is -2.18. The molecular weight excluding hydrogens is 937 g/mol. The van der Waals surface area contributed by atoms with Crippen molar-refractivity contribution in [1.29, 1.82) is 0 Å². The molecular formula is C70H118O6. The predicted octanol–water partition coefficient (Wildman–Crippen LogP) is 21.8. The zero-order valence-electron chi connectivity index (χ0n) is 49.7. The lowest BCUT2D eigenvalue weighted by Crippen LogP contribution is -2.30. The van der Waals surface area contributed by atoms with E-state index >= 15 is 0 Å². The Balaban J connectivity index is 4.19. The van der Waals surface area contributed by atoms with Crippen LogP contribution in [0.15, 0.2) is 109 Å². The lowest BCUT2D eigenvalue weighted by atomic mass is 10.0. The van der Waals surface area contributed by atoms with E-state index in [1.807, 2.05) is 0 Å². The van der Waals surface area contributed by atoms with Crippen molar-refractivity contribution >= 4 is 17.9 Å². The molecule has 434 valence electrons. The quantitative estimate of drug-likeness (QED) is 0.0261. The van der Waals surface area contributed by atoms with E-state index in [-0.39, 0.29) is 31.1 Å². The molecule has 0 aliphatic rings. The third kappa shape index (κ3) is 60.9. The molecule has 0 aliphatic carbocycles. The van der Waals surface area contributed by atoms with Gasteiger partial charge >= 0.3 is 17.9 Å². The number of ether oxygens (including phenoxy) is 3. The molecule has 0 aromatic carbocycles. The van der Waals surface area contributed by atoms with E-state index in [1.165, 1.54) is 135 Å². The summed E-state index contributed by atoms with van der Waals surface area (Å²) in [5.74, 6) is -0.890. The maximum atomic E-state index is 12.9. The zero-order chi connectivity index (χ0) is 55.0. The van der Waals surface area contributed by atoms with Gasteiger partial charge in [0.2, 0.25) is 0 Å². The van der Waals surface area contributed by atoms with E-state index in [1.54, 1.807) is 0 Å². The molecule has 0 saturated carbocycles. The highest BCUT2D eigenvalue weighted by atomic mass is 16.6. The lowest BCUT2D eigenvalue weighted by molar-refractivity contribution is -0.167. The average molecular weight is 1060 g/mol. The first-order valence-electron chi connectivity index (χ1n) is 31.9. The van der Waals surface area contributed by atoms with E-state index in [4.69, 9.17) is 14.2 Å². The van der Waals surface area contributed by atoms with Crippen LogP contribution >= 0.6 is 0 Å². The molecule has 0 bridgehead atoms. The molecule has 0 aromatic heterocycles. The topological polar surface area (TPSA) is 78.9 Å². The molecule has 6 nitrogen and oxygen atoms in total. The second-order valence-corrected chi connectivity index (χ2v) is 20.9. The Morgan fingerprint density at radius 2 is 0.513 bits per heavy atom. The number of hydrogen-bond acceptors (Lipinski definition) is 6. The van der Waals surface area contributed by atoms with Crippen molar-refractivity contribution in [2.45, 2.75) is 303 Å². The molecule has 6 heteroatoms. The standard InChI is InChI=1S/C70H118O6/c1-4-7-10-13-16-19-21-23-25-27-29-31-33-34-35-36-38-39-41-43-45-47-49-51-54-57-60-63-69(72)75-66-67(65-74-68(71)62-59-56-53-18-15-12-9-6-3)76-70(73)64-61-58-55-52-50-48-46-44-42-40-37-32-30-28-26-24-22-20-17-14-11-8-5-2/h7-8,10-11,16-17,19-20,23-26,29-32,40,42,67H,4-6,9,12-15,18,21-22,27-28,33-39,41,43-66H2,1-3H3/b10-7-,11-8-,19-16-,20-17-,25-23-,26-24-,31-29-,32-30-,42-40-. The van der Waals surface area contributed by atoms with Gasteiger partial charge in [0.25, 0.3) is 0 Å². The SMILES string of the molecule is CC/C=C\C/C=C\C/C=C\C/C=C\C/C=C\CCCCCCCCCC(=O)OC(COC(=O)CCCCCCCCCC)COC(=O)CCCCCCCCCCCCCCCC/C=C\C/C=C\C/C=C\C/C=C\CC. The van der Waals surface area contributed by atoms with Gasteiger partial charge in [-0.05, 0) is 103 Å². The molecule has 0 N–H and O–H groups in total. The highest BCUT2D eigenvalue weighted by Crippen LogP contribution is 2.16. The minimum Gasteiger partial charge on any atom is -0.462 e. The first-order chi connectivity index (χ1) is 37.5. The summed E-state index contributed by atoms with van der Waals surface area (Å²) in [6.07, 6.45) is 86.8. The van der Waals surface area contributed by atoms with Crippen LogP contribution in [0, 0.1) is 0 Å². The van der Waals surface area contributed by atoms with E-state index in [0.717, 1.165) is 122 Å². The summed E-state index contributed by atoms with van der Waals surface area (Å²) in [6.45, 7) is 6.39. The van der Waals surface area contributed by atoms with Gasteiger partial charge in [-0.1, -0.05) is 284 Å². The van der Waals surface area contributed by atoms with E-state index in [0.29, 0.717) is 19.3 Å². The van der Waals surface area contributed by atoms with Crippen LogP contribution in [0.1, 0.15) is 297 Å². The van der Waals surface area contributed by atoms with Gasteiger partial charge in [-0.3, -0.25) is 14.4 Å². The van der Waals surface area contributed by atoms with Gasteiger partial charge in [0.15, 0.2) is 6.10 Å². The van der Waals surface area contributed by atoms with Crippen molar-refractivity contribution in [3.05, 3.63) is 109 Å². The van der Waals surface area contributed by atoms with Crippen LogP contribution < -0.4 is 0 Å². The van der Waals surface area contributed by atoms with Gasteiger partial charge < -0.3 is 14.2 Å². The average Bonchev–Trinajstić information content (AvgIpc) is 3.42. The summed E-state index contributed by atoms with van der Waals surface area (Å²) >= 11 is 0. The van der Waals surface area contributed by atoms with Crippen molar-refractivity contribution in [3.8, 4) is 0 Å². The van der Waals surface area contributed by atoms with Crippen molar-refractivity contribution in [2.24, 2.45) is 0 Å². The summed E-state index contributed by atoms with van der Waals surface area (Å²) in [7, 11) is 0. The first-order valence-corrected chi connectivity index (χ1v) is 31.9. The summed E-state index contributed by atoms with van der Waals surface area (Å²) in [4.78, 5) is 38.2. The van der Waals surface area contributed by atoms with Crippen LogP contribution in [0.3, 0.4) is 0 Å².